The number of carbonyl (C=O) groups is 1. The molecule has 0 aliphatic carbocycles. The molecule has 0 saturated carbocycles. The van der Waals surface area contributed by atoms with Gasteiger partial charge in [0.2, 0.25) is 0 Å². The Morgan fingerprint density at radius 2 is 2.19 bits per heavy atom. The molecule has 110 valence electrons. The minimum Gasteiger partial charge on any atom is -0.481 e. The quantitative estimate of drug-likeness (QED) is 0.883. The molecule has 1 saturated heterocycles. The van der Waals surface area contributed by atoms with Gasteiger partial charge in [0.05, 0.1) is 30.3 Å². The second kappa shape index (κ2) is 5.43. The summed E-state index contributed by atoms with van der Waals surface area (Å²) in [5.41, 5.74) is 7.44. The normalized spacial score (nSPS) is 16.1. The first-order chi connectivity index (χ1) is 10.1. The van der Waals surface area contributed by atoms with E-state index in [1.54, 1.807) is 24.8 Å². The summed E-state index contributed by atoms with van der Waals surface area (Å²) < 4.78 is 5.05. The average Bonchev–Trinajstić information content (AvgIpc) is 3.02. The largest absolute Gasteiger partial charge is 0.481 e. The lowest BCUT2D eigenvalue weighted by Crippen LogP contribution is -2.37. The van der Waals surface area contributed by atoms with Gasteiger partial charge >= 0.3 is 5.97 Å². The molecule has 0 unspecified atom stereocenters. The van der Waals surface area contributed by atoms with E-state index < -0.39 is 5.97 Å². The fraction of sp³-hybridized carbons (Fsp3) is 0.357. The molecule has 21 heavy (non-hydrogen) atoms. The Kier molecular flexibility index (Phi) is 3.47. The standard InChI is InChI=1S/C14H16N4O3/c15-12-13(18-4-1-9(2-5-18)14(19)20)17-11(7-16-12)10-3-6-21-8-10/h3,6-9H,1-2,4-5H2,(H2,15,16)(H,19,20). The number of rotatable bonds is 3. The minimum absolute atomic E-state index is 0.285. The van der Waals surface area contributed by atoms with E-state index in [4.69, 9.17) is 15.3 Å². The summed E-state index contributed by atoms with van der Waals surface area (Å²) in [6, 6.07) is 1.81. The van der Waals surface area contributed by atoms with Crippen molar-refractivity contribution in [1.29, 1.82) is 0 Å². The van der Waals surface area contributed by atoms with E-state index in [0.717, 1.165) is 5.56 Å². The highest BCUT2D eigenvalue weighted by atomic mass is 16.4. The molecular weight excluding hydrogens is 272 g/mol. The van der Waals surface area contributed by atoms with Crippen molar-refractivity contribution < 1.29 is 14.3 Å². The number of nitrogen functional groups attached to an aromatic ring is 1. The van der Waals surface area contributed by atoms with Gasteiger partial charge in [-0.05, 0) is 18.9 Å². The number of furan rings is 1. The molecule has 1 aliphatic rings. The van der Waals surface area contributed by atoms with Crippen LogP contribution in [0.1, 0.15) is 12.8 Å². The van der Waals surface area contributed by atoms with Gasteiger partial charge in [-0.15, -0.1) is 0 Å². The summed E-state index contributed by atoms with van der Waals surface area (Å²) in [7, 11) is 0. The molecular formula is C14H16N4O3. The number of nitrogens with two attached hydrogens (primary N) is 1. The molecule has 2 aromatic heterocycles. The first-order valence-electron chi connectivity index (χ1n) is 6.78. The fourth-order valence-electron chi connectivity index (χ4n) is 2.51. The smallest absolute Gasteiger partial charge is 0.306 e. The summed E-state index contributed by atoms with van der Waals surface area (Å²) >= 11 is 0. The Bertz CT molecular complexity index is 634. The number of aliphatic carboxylic acids is 1. The van der Waals surface area contributed by atoms with E-state index in [1.165, 1.54) is 0 Å². The van der Waals surface area contributed by atoms with Crippen LogP contribution >= 0.6 is 0 Å². The lowest BCUT2D eigenvalue weighted by molar-refractivity contribution is -0.142. The summed E-state index contributed by atoms with van der Waals surface area (Å²) in [6.45, 7) is 1.23. The third kappa shape index (κ3) is 2.67. The van der Waals surface area contributed by atoms with Crippen molar-refractivity contribution in [2.45, 2.75) is 12.8 Å². The molecule has 0 atom stereocenters. The second-order valence-corrected chi connectivity index (χ2v) is 5.08. The minimum atomic E-state index is -0.735. The number of aromatic nitrogens is 2. The van der Waals surface area contributed by atoms with E-state index in [9.17, 15) is 4.79 Å². The van der Waals surface area contributed by atoms with Crippen molar-refractivity contribution in [1.82, 2.24) is 9.97 Å². The Hall–Kier alpha value is -2.57. The molecule has 0 amide bonds. The van der Waals surface area contributed by atoms with Crippen LogP contribution in [0.15, 0.2) is 29.2 Å². The predicted octanol–water partition coefficient (Wildman–Crippen LogP) is 1.62. The van der Waals surface area contributed by atoms with Crippen LogP contribution in [0, 0.1) is 5.92 Å². The average molecular weight is 288 g/mol. The molecule has 0 radical (unpaired) electrons. The zero-order chi connectivity index (χ0) is 14.8. The maximum atomic E-state index is 11.0. The van der Waals surface area contributed by atoms with E-state index in [-0.39, 0.29) is 5.92 Å². The molecule has 3 heterocycles. The van der Waals surface area contributed by atoms with Crippen molar-refractivity contribution in [2.24, 2.45) is 5.92 Å². The van der Waals surface area contributed by atoms with Gasteiger partial charge < -0.3 is 20.2 Å². The third-order valence-corrected chi connectivity index (χ3v) is 3.74. The van der Waals surface area contributed by atoms with Crippen molar-refractivity contribution >= 4 is 17.6 Å². The number of hydrogen-bond acceptors (Lipinski definition) is 6. The highest BCUT2D eigenvalue weighted by Crippen LogP contribution is 2.28. The molecule has 7 nitrogen and oxygen atoms in total. The number of hydrogen-bond donors (Lipinski definition) is 2. The van der Waals surface area contributed by atoms with Gasteiger partial charge in [-0.1, -0.05) is 0 Å². The topological polar surface area (TPSA) is 105 Å². The molecule has 1 aliphatic heterocycles. The van der Waals surface area contributed by atoms with Gasteiger partial charge in [0.1, 0.15) is 0 Å². The van der Waals surface area contributed by atoms with Gasteiger partial charge in [0.15, 0.2) is 11.6 Å². The molecule has 1 fully saturated rings. The van der Waals surface area contributed by atoms with Crippen molar-refractivity contribution in [3.05, 3.63) is 24.8 Å². The van der Waals surface area contributed by atoms with E-state index in [0.29, 0.717) is 43.3 Å². The highest BCUT2D eigenvalue weighted by Gasteiger charge is 2.26. The number of piperidine rings is 1. The maximum Gasteiger partial charge on any atom is 0.306 e. The first-order valence-corrected chi connectivity index (χ1v) is 6.78. The zero-order valence-corrected chi connectivity index (χ0v) is 11.4. The van der Waals surface area contributed by atoms with Crippen molar-refractivity contribution in [3.63, 3.8) is 0 Å². The third-order valence-electron chi connectivity index (χ3n) is 3.74. The maximum absolute atomic E-state index is 11.0. The molecule has 3 rings (SSSR count). The Labute approximate surface area is 121 Å². The molecule has 0 bridgehead atoms. The fourth-order valence-corrected chi connectivity index (χ4v) is 2.51. The first kappa shape index (κ1) is 13.4. The Balaban J connectivity index is 1.82. The van der Waals surface area contributed by atoms with Crippen LogP contribution in [0.3, 0.4) is 0 Å². The number of nitrogens with zero attached hydrogens (tertiary/aromatic N) is 3. The van der Waals surface area contributed by atoms with Crippen LogP contribution < -0.4 is 10.6 Å². The summed E-state index contributed by atoms with van der Waals surface area (Å²) in [4.78, 5) is 21.7. The van der Waals surface area contributed by atoms with E-state index >= 15 is 0 Å². The molecule has 0 aromatic carbocycles. The second-order valence-electron chi connectivity index (χ2n) is 5.08. The zero-order valence-electron chi connectivity index (χ0n) is 11.4. The molecule has 2 aromatic rings. The van der Waals surface area contributed by atoms with E-state index in [1.807, 2.05) is 4.90 Å². The lowest BCUT2D eigenvalue weighted by atomic mass is 9.97. The van der Waals surface area contributed by atoms with Crippen molar-refractivity contribution in [2.75, 3.05) is 23.7 Å². The van der Waals surface area contributed by atoms with Gasteiger partial charge in [-0.2, -0.15) is 0 Å². The molecule has 0 spiro atoms. The van der Waals surface area contributed by atoms with Crippen LogP contribution in [0.4, 0.5) is 11.6 Å². The molecule has 3 N–H and O–H groups in total. The summed E-state index contributed by atoms with van der Waals surface area (Å²) in [6.07, 6.45) is 5.96. The van der Waals surface area contributed by atoms with Crippen LogP contribution in [0.2, 0.25) is 0 Å². The SMILES string of the molecule is Nc1ncc(-c2ccoc2)nc1N1CCC(C(=O)O)CC1. The number of carboxylic acid groups (broad SMARTS) is 1. The van der Waals surface area contributed by atoms with Crippen LogP contribution in [0.25, 0.3) is 11.3 Å². The van der Waals surface area contributed by atoms with E-state index in [2.05, 4.69) is 9.97 Å². The summed E-state index contributed by atoms with van der Waals surface area (Å²) in [5, 5.41) is 9.04. The van der Waals surface area contributed by atoms with Gasteiger partial charge in [0, 0.05) is 18.7 Å². The Morgan fingerprint density at radius 1 is 1.43 bits per heavy atom. The number of carboxylic acids is 1. The highest BCUT2D eigenvalue weighted by molar-refractivity contribution is 5.71. The molecule has 7 heteroatoms. The van der Waals surface area contributed by atoms with Gasteiger partial charge in [0.25, 0.3) is 0 Å². The van der Waals surface area contributed by atoms with Crippen molar-refractivity contribution in [3.8, 4) is 11.3 Å². The van der Waals surface area contributed by atoms with Crippen LogP contribution in [-0.2, 0) is 4.79 Å². The lowest BCUT2D eigenvalue weighted by Gasteiger charge is -2.31. The number of anilines is 2. The summed E-state index contributed by atoms with van der Waals surface area (Å²) in [5.74, 6) is -0.0538. The van der Waals surface area contributed by atoms with Crippen LogP contribution in [0.5, 0.6) is 0 Å². The predicted molar refractivity (Wildman–Crippen MR) is 76.7 cm³/mol. The Morgan fingerprint density at radius 3 is 2.81 bits per heavy atom. The van der Waals surface area contributed by atoms with Gasteiger partial charge in [-0.3, -0.25) is 4.79 Å². The van der Waals surface area contributed by atoms with Gasteiger partial charge in [-0.25, -0.2) is 9.97 Å². The monoisotopic (exact) mass is 288 g/mol. The van der Waals surface area contributed by atoms with Crippen LogP contribution in [-0.4, -0.2) is 34.1 Å².